The Labute approximate surface area is 108 Å². The molecule has 0 bridgehead atoms. The summed E-state index contributed by atoms with van der Waals surface area (Å²) in [4.78, 5) is 0. The number of halogens is 1. The standard InChI is InChI=1S/C13H10ClN3O/c14-10-3-1-2-8-6-11(18-13(8)10)12(15)9-4-5-16-17-7-9/h1-7,12H,15H2. The summed E-state index contributed by atoms with van der Waals surface area (Å²) in [7, 11) is 0. The molecule has 3 aromatic rings. The molecule has 5 heteroatoms. The molecular weight excluding hydrogens is 250 g/mol. The average Bonchev–Trinajstić information content (AvgIpc) is 2.84. The third kappa shape index (κ3) is 1.85. The fourth-order valence-corrected chi connectivity index (χ4v) is 2.07. The molecule has 1 aromatic carbocycles. The molecule has 2 aromatic heterocycles. The van der Waals surface area contributed by atoms with Gasteiger partial charge in [0.15, 0.2) is 5.58 Å². The first-order valence-electron chi connectivity index (χ1n) is 5.46. The summed E-state index contributed by atoms with van der Waals surface area (Å²) in [5, 5.41) is 9.05. The van der Waals surface area contributed by atoms with Crippen LogP contribution in [0.5, 0.6) is 0 Å². The molecule has 0 aliphatic heterocycles. The summed E-state index contributed by atoms with van der Waals surface area (Å²) in [6.07, 6.45) is 3.23. The highest BCUT2D eigenvalue weighted by molar-refractivity contribution is 6.34. The van der Waals surface area contributed by atoms with Crippen molar-refractivity contribution in [1.29, 1.82) is 0 Å². The third-order valence-electron chi connectivity index (χ3n) is 2.79. The fraction of sp³-hybridized carbons (Fsp3) is 0.0769. The minimum Gasteiger partial charge on any atom is -0.457 e. The number of hydrogen-bond donors (Lipinski definition) is 1. The number of furan rings is 1. The van der Waals surface area contributed by atoms with Crippen molar-refractivity contribution in [3.63, 3.8) is 0 Å². The van der Waals surface area contributed by atoms with E-state index in [0.717, 1.165) is 10.9 Å². The molecule has 4 nitrogen and oxygen atoms in total. The van der Waals surface area contributed by atoms with Crippen molar-refractivity contribution >= 4 is 22.6 Å². The number of para-hydroxylation sites is 1. The molecule has 2 N–H and O–H groups in total. The van der Waals surface area contributed by atoms with Crippen LogP contribution in [0.3, 0.4) is 0 Å². The van der Waals surface area contributed by atoms with Crippen LogP contribution in [0.15, 0.2) is 47.1 Å². The molecule has 0 aliphatic carbocycles. The van der Waals surface area contributed by atoms with Gasteiger partial charge in [0.2, 0.25) is 0 Å². The van der Waals surface area contributed by atoms with Crippen LogP contribution in [0.2, 0.25) is 5.02 Å². The summed E-state index contributed by atoms with van der Waals surface area (Å²) in [5.74, 6) is 0.658. The van der Waals surface area contributed by atoms with Crippen LogP contribution in [-0.2, 0) is 0 Å². The number of benzene rings is 1. The Morgan fingerprint density at radius 1 is 1.22 bits per heavy atom. The van der Waals surface area contributed by atoms with E-state index >= 15 is 0 Å². The van der Waals surface area contributed by atoms with Crippen molar-refractivity contribution < 1.29 is 4.42 Å². The molecule has 0 saturated carbocycles. The van der Waals surface area contributed by atoms with Crippen LogP contribution in [0.25, 0.3) is 11.0 Å². The van der Waals surface area contributed by atoms with Gasteiger partial charge in [-0.1, -0.05) is 23.7 Å². The highest BCUT2D eigenvalue weighted by Crippen LogP contribution is 2.30. The number of nitrogens with zero attached hydrogens (tertiary/aromatic N) is 2. The smallest absolute Gasteiger partial charge is 0.152 e. The zero-order valence-electron chi connectivity index (χ0n) is 9.38. The molecule has 0 spiro atoms. The van der Waals surface area contributed by atoms with Crippen LogP contribution >= 0.6 is 11.6 Å². The Morgan fingerprint density at radius 2 is 2.11 bits per heavy atom. The lowest BCUT2D eigenvalue weighted by Crippen LogP contribution is -2.11. The summed E-state index contributed by atoms with van der Waals surface area (Å²) < 4.78 is 5.71. The molecule has 0 aliphatic rings. The average molecular weight is 260 g/mol. The van der Waals surface area contributed by atoms with E-state index in [9.17, 15) is 0 Å². The first kappa shape index (κ1) is 11.2. The fourth-order valence-electron chi connectivity index (χ4n) is 1.85. The van der Waals surface area contributed by atoms with Gasteiger partial charge >= 0.3 is 0 Å². The van der Waals surface area contributed by atoms with Crippen molar-refractivity contribution in [3.05, 3.63) is 59.1 Å². The van der Waals surface area contributed by atoms with Crippen molar-refractivity contribution in [1.82, 2.24) is 10.2 Å². The minimum absolute atomic E-state index is 0.371. The molecule has 0 fully saturated rings. The number of hydrogen-bond acceptors (Lipinski definition) is 4. The molecule has 0 radical (unpaired) electrons. The number of rotatable bonds is 2. The molecule has 0 amide bonds. The zero-order valence-corrected chi connectivity index (χ0v) is 10.1. The Balaban J connectivity index is 2.07. The van der Waals surface area contributed by atoms with Crippen LogP contribution in [0.4, 0.5) is 0 Å². The minimum atomic E-state index is -0.371. The number of fused-ring (bicyclic) bond motifs is 1. The third-order valence-corrected chi connectivity index (χ3v) is 3.09. The Kier molecular flexibility index (Phi) is 2.74. The predicted molar refractivity (Wildman–Crippen MR) is 69.3 cm³/mol. The second kappa shape index (κ2) is 4.40. The van der Waals surface area contributed by atoms with Crippen LogP contribution in [0.1, 0.15) is 17.4 Å². The van der Waals surface area contributed by atoms with E-state index in [1.165, 1.54) is 0 Å². The van der Waals surface area contributed by atoms with E-state index in [1.54, 1.807) is 18.5 Å². The summed E-state index contributed by atoms with van der Waals surface area (Å²) in [5.41, 5.74) is 7.63. The lowest BCUT2D eigenvalue weighted by atomic mass is 10.1. The van der Waals surface area contributed by atoms with E-state index in [2.05, 4.69) is 10.2 Å². The lowest BCUT2D eigenvalue weighted by molar-refractivity contribution is 0.524. The van der Waals surface area contributed by atoms with Gasteiger partial charge in [0.05, 0.1) is 17.3 Å². The van der Waals surface area contributed by atoms with Crippen molar-refractivity contribution in [3.8, 4) is 0 Å². The SMILES string of the molecule is NC(c1ccnnc1)c1cc2cccc(Cl)c2o1. The molecule has 18 heavy (non-hydrogen) atoms. The van der Waals surface area contributed by atoms with E-state index in [0.29, 0.717) is 16.4 Å². The molecule has 90 valence electrons. The highest BCUT2D eigenvalue weighted by Gasteiger charge is 2.15. The highest BCUT2D eigenvalue weighted by atomic mass is 35.5. The Hall–Kier alpha value is -1.91. The summed E-state index contributed by atoms with van der Waals surface area (Å²) in [6.45, 7) is 0. The monoisotopic (exact) mass is 259 g/mol. The topological polar surface area (TPSA) is 64.9 Å². The number of nitrogens with two attached hydrogens (primary N) is 1. The summed E-state index contributed by atoms with van der Waals surface area (Å²) >= 11 is 6.06. The lowest BCUT2D eigenvalue weighted by Gasteiger charge is -2.06. The van der Waals surface area contributed by atoms with Gasteiger partial charge in [-0.25, -0.2) is 0 Å². The second-order valence-corrected chi connectivity index (χ2v) is 4.37. The molecule has 0 saturated heterocycles. The van der Waals surface area contributed by atoms with Crippen molar-refractivity contribution in [2.45, 2.75) is 6.04 Å². The first-order chi connectivity index (χ1) is 8.75. The Morgan fingerprint density at radius 3 is 2.83 bits per heavy atom. The maximum absolute atomic E-state index is 6.13. The quantitative estimate of drug-likeness (QED) is 0.768. The zero-order chi connectivity index (χ0) is 12.5. The van der Waals surface area contributed by atoms with Crippen LogP contribution < -0.4 is 5.73 Å². The van der Waals surface area contributed by atoms with Crippen molar-refractivity contribution in [2.24, 2.45) is 5.73 Å². The number of aromatic nitrogens is 2. The van der Waals surface area contributed by atoms with Gasteiger partial charge in [0.1, 0.15) is 5.76 Å². The molecule has 3 rings (SSSR count). The maximum atomic E-state index is 6.13. The van der Waals surface area contributed by atoms with Gasteiger partial charge in [0.25, 0.3) is 0 Å². The summed E-state index contributed by atoms with van der Waals surface area (Å²) in [6, 6.07) is 8.94. The maximum Gasteiger partial charge on any atom is 0.152 e. The molecular formula is C13H10ClN3O. The van der Waals surface area contributed by atoms with Crippen molar-refractivity contribution in [2.75, 3.05) is 0 Å². The van der Waals surface area contributed by atoms with Crippen LogP contribution in [-0.4, -0.2) is 10.2 Å². The molecule has 2 heterocycles. The normalized spacial score (nSPS) is 12.8. The van der Waals surface area contributed by atoms with Gasteiger partial charge < -0.3 is 10.2 Å². The van der Waals surface area contributed by atoms with Gasteiger partial charge in [-0.2, -0.15) is 10.2 Å². The van der Waals surface area contributed by atoms with E-state index < -0.39 is 0 Å². The molecule has 1 unspecified atom stereocenters. The predicted octanol–water partition coefficient (Wildman–Crippen LogP) is 2.92. The second-order valence-electron chi connectivity index (χ2n) is 3.96. The van der Waals surface area contributed by atoms with Gasteiger partial charge in [0, 0.05) is 11.6 Å². The van der Waals surface area contributed by atoms with Crippen LogP contribution in [0, 0.1) is 0 Å². The first-order valence-corrected chi connectivity index (χ1v) is 5.83. The van der Waals surface area contributed by atoms with E-state index in [-0.39, 0.29) is 6.04 Å². The van der Waals surface area contributed by atoms with E-state index in [4.69, 9.17) is 21.8 Å². The Bertz CT molecular complexity index is 681. The van der Waals surface area contributed by atoms with Gasteiger partial charge in [-0.15, -0.1) is 0 Å². The van der Waals surface area contributed by atoms with E-state index in [1.807, 2.05) is 24.3 Å². The molecule has 1 atom stereocenters. The largest absolute Gasteiger partial charge is 0.457 e. The van der Waals surface area contributed by atoms with Gasteiger partial charge in [-0.3, -0.25) is 0 Å². The van der Waals surface area contributed by atoms with Gasteiger partial charge in [-0.05, 0) is 23.8 Å².